The van der Waals surface area contributed by atoms with Crippen molar-refractivity contribution in [2.45, 2.75) is 6.92 Å². The van der Waals surface area contributed by atoms with Crippen molar-refractivity contribution < 1.29 is 9.90 Å². The molecule has 0 radical (unpaired) electrons. The monoisotopic (exact) mass is 350 g/mol. The lowest BCUT2D eigenvalue weighted by atomic mass is 10.1. The number of thioether (sulfide) groups is 1. The van der Waals surface area contributed by atoms with Gasteiger partial charge in [-0.25, -0.2) is 4.99 Å². The summed E-state index contributed by atoms with van der Waals surface area (Å²) in [5, 5.41) is 9.96. The molecule has 1 aliphatic heterocycles. The molecule has 0 aromatic heterocycles. The molecule has 5 heteroatoms. The van der Waals surface area contributed by atoms with E-state index < -0.39 is 0 Å². The van der Waals surface area contributed by atoms with Crippen molar-refractivity contribution in [2.75, 3.05) is 7.05 Å². The van der Waals surface area contributed by atoms with Gasteiger partial charge in [-0.3, -0.25) is 9.69 Å². The molecule has 25 heavy (non-hydrogen) atoms. The zero-order valence-electron chi connectivity index (χ0n) is 14.0. The van der Waals surface area contributed by atoms with Crippen LogP contribution in [0.1, 0.15) is 12.5 Å². The third-order valence-electron chi connectivity index (χ3n) is 3.63. The highest BCUT2D eigenvalue weighted by molar-refractivity contribution is 8.18. The number of likely N-dealkylation sites (N-methyl/N-ethyl adjacent to an activating group) is 1. The van der Waals surface area contributed by atoms with Crippen LogP contribution in [0.4, 0.5) is 5.69 Å². The minimum atomic E-state index is -0.0664. The summed E-state index contributed by atoms with van der Waals surface area (Å²) in [5.74, 6) is 0.123. The Balaban J connectivity index is 1.83. The van der Waals surface area contributed by atoms with Crippen LogP contribution < -0.4 is 0 Å². The van der Waals surface area contributed by atoms with E-state index in [1.807, 2.05) is 49.4 Å². The molecule has 126 valence electrons. The van der Waals surface area contributed by atoms with Crippen LogP contribution in [0.2, 0.25) is 0 Å². The Hall–Kier alpha value is -2.79. The van der Waals surface area contributed by atoms with E-state index >= 15 is 0 Å². The second-order valence-corrected chi connectivity index (χ2v) is 6.69. The van der Waals surface area contributed by atoms with E-state index in [4.69, 9.17) is 0 Å². The molecular weight excluding hydrogens is 332 g/mol. The van der Waals surface area contributed by atoms with Gasteiger partial charge in [0.2, 0.25) is 0 Å². The van der Waals surface area contributed by atoms with Crippen LogP contribution in [-0.4, -0.2) is 28.1 Å². The van der Waals surface area contributed by atoms with Gasteiger partial charge >= 0.3 is 0 Å². The van der Waals surface area contributed by atoms with Gasteiger partial charge in [0.05, 0.1) is 10.6 Å². The lowest BCUT2D eigenvalue weighted by Crippen LogP contribution is -2.23. The van der Waals surface area contributed by atoms with Gasteiger partial charge in [0.15, 0.2) is 5.17 Å². The van der Waals surface area contributed by atoms with Gasteiger partial charge in [-0.1, -0.05) is 36.4 Å². The van der Waals surface area contributed by atoms with Gasteiger partial charge in [-0.2, -0.15) is 0 Å². The number of rotatable bonds is 3. The molecule has 0 unspecified atom stereocenters. The maximum atomic E-state index is 12.4. The lowest BCUT2D eigenvalue weighted by molar-refractivity contribution is -0.121. The number of aromatic hydroxyl groups is 1. The number of carbonyl (C=O) groups is 1. The molecule has 0 bridgehead atoms. The molecule has 1 fully saturated rings. The van der Waals surface area contributed by atoms with E-state index in [2.05, 4.69) is 4.99 Å². The molecule has 4 nitrogen and oxygen atoms in total. The predicted octanol–water partition coefficient (Wildman–Crippen LogP) is 4.57. The van der Waals surface area contributed by atoms with Crippen LogP contribution in [0.3, 0.4) is 0 Å². The zero-order chi connectivity index (χ0) is 17.8. The van der Waals surface area contributed by atoms with Crippen LogP contribution in [0, 0.1) is 0 Å². The average molecular weight is 350 g/mol. The summed E-state index contributed by atoms with van der Waals surface area (Å²) in [5.41, 5.74) is 2.79. The Morgan fingerprint density at radius 3 is 2.48 bits per heavy atom. The Bertz CT molecular complexity index is 868. The van der Waals surface area contributed by atoms with Crippen LogP contribution in [0.5, 0.6) is 5.75 Å². The number of hydrogen-bond donors (Lipinski definition) is 1. The summed E-state index contributed by atoms with van der Waals surface area (Å²) < 4.78 is 0. The fourth-order valence-electron chi connectivity index (χ4n) is 2.35. The largest absolute Gasteiger partial charge is 0.508 e. The van der Waals surface area contributed by atoms with Crippen molar-refractivity contribution in [3.05, 3.63) is 76.7 Å². The van der Waals surface area contributed by atoms with E-state index in [1.165, 1.54) is 11.8 Å². The van der Waals surface area contributed by atoms with Gasteiger partial charge in [-0.15, -0.1) is 0 Å². The number of aliphatic imine (C=N–C) groups is 1. The molecule has 1 heterocycles. The van der Waals surface area contributed by atoms with E-state index in [1.54, 1.807) is 36.2 Å². The molecule has 0 saturated carbocycles. The molecule has 0 spiro atoms. The minimum Gasteiger partial charge on any atom is -0.508 e. The first-order valence-corrected chi connectivity index (χ1v) is 8.63. The summed E-state index contributed by atoms with van der Waals surface area (Å²) in [7, 11) is 1.71. The molecule has 1 saturated heterocycles. The standard InChI is InChI=1S/C20H18N2O2S/c1-14(12-15-6-4-3-5-7-15)13-18-19(24)22(2)20(25-18)21-16-8-10-17(23)11-9-16/h3-13,23H,1-2H3/b14-12+,18-13-,21-20?. The Labute approximate surface area is 151 Å². The Morgan fingerprint density at radius 1 is 1.12 bits per heavy atom. The molecular formula is C20H18N2O2S. The number of carbonyl (C=O) groups excluding carboxylic acids is 1. The molecule has 0 aliphatic carbocycles. The normalized spacial score (nSPS) is 18.4. The van der Waals surface area contributed by atoms with Gasteiger partial charge in [0.25, 0.3) is 5.91 Å². The van der Waals surface area contributed by atoms with Gasteiger partial charge in [0, 0.05) is 7.05 Å². The fraction of sp³-hybridized carbons (Fsp3) is 0.100. The zero-order valence-corrected chi connectivity index (χ0v) is 14.8. The Kier molecular flexibility index (Phi) is 5.05. The molecule has 0 atom stereocenters. The minimum absolute atomic E-state index is 0.0664. The first kappa shape index (κ1) is 17.0. The highest BCUT2D eigenvalue weighted by Crippen LogP contribution is 2.32. The fourth-order valence-corrected chi connectivity index (χ4v) is 3.39. The van der Waals surface area contributed by atoms with Crippen molar-refractivity contribution in [3.63, 3.8) is 0 Å². The topological polar surface area (TPSA) is 52.9 Å². The van der Waals surface area contributed by atoms with E-state index in [0.717, 1.165) is 11.1 Å². The molecule has 1 N–H and O–H groups in total. The lowest BCUT2D eigenvalue weighted by Gasteiger charge is -2.07. The Morgan fingerprint density at radius 2 is 1.80 bits per heavy atom. The van der Waals surface area contributed by atoms with Crippen LogP contribution >= 0.6 is 11.8 Å². The number of allylic oxidation sites excluding steroid dienone is 2. The van der Waals surface area contributed by atoms with Gasteiger partial charge in [0.1, 0.15) is 5.75 Å². The maximum absolute atomic E-state index is 12.4. The third kappa shape index (κ3) is 4.19. The number of phenols is 1. The molecule has 1 amide bonds. The van der Waals surface area contributed by atoms with Crippen molar-refractivity contribution in [3.8, 4) is 5.75 Å². The van der Waals surface area contributed by atoms with E-state index in [-0.39, 0.29) is 11.7 Å². The van der Waals surface area contributed by atoms with Crippen molar-refractivity contribution in [2.24, 2.45) is 4.99 Å². The number of nitrogens with zero attached hydrogens (tertiary/aromatic N) is 2. The second-order valence-electron chi connectivity index (χ2n) is 5.68. The smallest absolute Gasteiger partial charge is 0.266 e. The van der Waals surface area contributed by atoms with Gasteiger partial charge in [-0.05, 0) is 60.2 Å². The number of amidine groups is 1. The van der Waals surface area contributed by atoms with Crippen LogP contribution in [0.25, 0.3) is 6.08 Å². The number of amides is 1. The summed E-state index contributed by atoms with van der Waals surface area (Å²) in [4.78, 5) is 19.1. The first-order valence-electron chi connectivity index (χ1n) is 7.81. The summed E-state index contributed by atoms with van der Waals surface area (Å²) in [6.07, 6.45) is 3.92. The maximum Gasteiger partial charge on any atom is 0.266 e. The predicted molar refractivity (Wildman–Crippen MR) is 104 cm³/mol. The SMILES string of the molecule is CC(/C=C1\SC(=Nc2ccc(O)cc2)N(C)C1=O)=C\c1ccccc1. The molecule has 1 aliphatic rings. The second kappa shape index (κ2) is 7.40. The van der Waals surface area contributed by atoms with Crippen LogP contribution in [0.15, 0.2) is 76.1 Å². The number of phenolic OH excluding ortho intramolecular Hbond substituents is 1. The number of hydrogen-bond acceptors (Lipinski definition) is 4. The third-order valence-corrected chi connectivity index (χ3v) is 4.69. The van der Waals surface area contributed by atoms with Crippen molar-refractivity contribution >= 4 is 34.6 Å². The van der Waals surface area contributed by atoms with Gasteiger partial charge < -0.3 is 5.11 Å². The number of benzene rings is 2. The van der Waals surface area contributed by atoms with Crippen molar-refractivity contribution in [1.82, 2.24) is 4.90 Å². The highest BCUT2D eigenvalue weighted by atomic mass is 32.2. The summed E-state index contributed by atoms with van der Waals surface area (Å²) >= 11 is 1.35. The van der Waals surface area contributed by atoms with E-state index in [0.29, 0.717) is 15.8 Å². The average Bonchev–Trinajstić information content (AvgIpc) is 2.86. The summed E-state index contributed by atoms with van der Waals surface area (Å²) in [6, 6.07) is 16.6. The first-order chi connectivity index (χ1) is 12.0. The molecule has 3 rings (SSSR count). The van der Waals surface area contributed by atoms with E-state index in [9.17, 15) is 9.90 Å². The quantitative estimate of drug-likeness (QED) is 0.825. The molecule has 2 aromatic rings. The van der Waals surface area contributed by atoms with Crippen molar-refractivity contribution in [1.29, 1.82) is 0 Å². The highest BCUT2D eigenvalue weighted by Gasteiger charge is 2.30. The van der Waals surface area contributed by atoms with Crippen LogP contribution in [-0.2, 0) is 4.79 Å². The molecule has 2 aromatic carbocycles. The summed E-state index contributed by atoms with van der Waals surface area (Å²) in [6.45, 7) is 1.98.